The molecule has 0 amide bonds. The van der Waals surface area contributed by atoms with Crippen LogP contribution in [-0.2, 0) is 45.3 Å². The molecule has 3 heteroatoms. The van der Waals surface area contributed by atoms with Crippen molar-refractivity contribution in [3.8, 4) is 0 Å². The Hall–Kier alpha value is 1.41. The maximum absolute atomic E-state index is 4.35. The Bertz CT molecular complexity index is 30.6. The first-order chi connectivity index (χ1) is 1.73. The fraction of sp³-hybridized carbons (Fsp3) is 0.500. The van der Waals surface area contributed by atoms with Crippen molar-refractivity contribution < 1.29 is 32.7 Å². The van der Waals surface area contributed by atoms with Crippen LogP contribution in [0, 0.1) is 0 Å². The third kappa shape index (κ3) is 31.6. The summed E-state index contributed by atoms with van der Waals surface area (Å²) in [4.78, 5) is 0. The van der Waals surface area contributed by atoms with E-state index >= 15 is 0 Å². The zero-order valence-corrected chi connectivity index (χ0v) is 7.37. The second kappa shape index (κ2) is 5.41. The van der Waals surface area contributed by atoms with Crippen LogP contribution in [0.1, 0.15) is 6.92 Å². The van der Waals surface area contributed by atoms with Gasteiger partial charge in [-0.1, -0.05) is 6.92 Å². The fourth-order valence-corrected chi connectivity index (χ4v) is 0. The minimum atomic E-state index is 0. The third-order valence-corrected chi connectivity index (χ3v) is 0. The van der Waals surface area contributed by atoms with Crippen molar-refractivity contribution in [1.82, 2.24) is 0 Å². The summed E-state index contributed by atoms with van der Waals surface area (Å²) in [5.74, 6) is 0. The predicted molar refractivity (Wildman–Crippen MR) is 25.6 cm³/mol. The minimum Gasteiger partial charge on any atom is -0.433 e. The largest absolute Gasteiger partial charge is 0.433 e. The molecule has 27 valence electrons. The third-order valence-electron chi connectivity index (χ3n) is 0. The average Bonchev–Trinajstić information content (AvgIpc) is 0.811. The van der Waals surface area contributed by atoms with Gasteiger partial charge in [-0.05, 0) is 0 Å². The normalized spacial score (nSPS) is 5.00. The molecule has 0 saturated heterocycles. The molecule has 0 heterocycles. The zero-order chi connectivity index (χ0) is 3.58. The first-order valence-electron chi connectivity index (χ1n) is 0.908. The van der Waals surface area contributed by atoms with Crippen LogP contribution in [0.25, 0.3) is 0 Å². The van der Waals surface area contributed by atoms with Crippen LogP contribution >= 0.6 is 12.2 Å². The van der Waals surface area contributed by atoms with E-state index in [0.29, 0.717) is 4.20 Å². The van der Waals surface area contributed by atoms with Crippen molar-refractivity contribution >= 4 is 29.0 Å². The van der Waals surface area contributed by atoms with Crippen molar-refractivity contribution in [3.05, 3.63) is 0 Å². The van der Waals surface area contributed by atoms with Crippen LogP contribution < -0.4 is 0 Å². The Labute approximate surface area is 68.0 Å². The van der Waals surface area contributed by atoms with E-state index in [9.17, 15) is 0 Å². The molecule has 0 bridgehead atoms. The maximum atomic E-state index is 4.35. The zero-order valence-electron chi connectivity index (χ0n) is 2.89. The molecule has 0 fully saturated rings. The number of rotatable bonds is 0. The maximum Gasteiger partial charge on any atom is 0 e. The Kier molecular flexibility index (Phi) is 10.4. The molecule has 0 nitrogen and oxygen atoms in total. The summed E-state index contributed by atoms with van der Waals surface area (Å²) in [7, 11) is 0. The Morgan fingerprint density at radius 1 is 1.80 bits per heavy atom. The summed E-state index contributed by atoms with van der Waals surface area (Å²) < 4.78 is 0.583. The number of hydrogen-bond acceptors (Lipinski definition) is 2. The fourth-order valence-electron chi connectivity index (χ4n) is 0. The standard InChI is InChI=1S/C2H4S2.Y/c1-2(3)4;/h1H3,(H,3,4);/p-1. The predicted octanol–water partition coefficient (Wildman–Crippen LogP) is 0.878. The SMILES string of the molecule is CC(=S)[S-].[Y]. The summed E-state index contributed by atoms with van der Waals surface area (Å²) in [5.41, 5.74) is 0. The summed E-state index contributed by atoms with van der Waals surface area (Å²) >= 11 is 8.70. The molecule has 0 atom stereocenters. The van der Waals surface area contributed by atoms with E-state index in [1.165, 1.54) is 0 Å². The quantitative estimate of drug-likeness (QED) is 0.401. The topological polar surface area (TPSA) is 0 Å². The Morgan fingerprint density at radius 2 is 1.80 bits per heavy atom. The molecule has 0 saturated carbocycles. The minimum absolute atomic E-state index is 0. The number of hydrogen-bond donors (Lipinski definition) is 0. The molecule has 0 aliphatic rings. The molecular weight excluding hydrogens is 177 g/mol. The van der Waals surface area contributed by atoms with Crippen molar-refractivity contribution in [3.63, 3.8) is 0 Å². The first kappa shape index (κ1) is 9.65. The van der Waals surface area contributed by atoms with Gasteiger partial charge in [0.25, 0.3) is 0 Å². The molecule has 0 unspecified atom stereocenters. The molecule has 1 radical (unpaired) electrons. The number of thiocarbonyl (C=S) groups is 1. The van der Waals surface area contributed by atoms with E-state index in [4.69, 9.17) is 0 Å². The van der Waals surface area contributed by atoms with Gasteiger partial charge in [-0.25, -0.2) is 0 Å². The molecule has 0 aromatic rings. The summed E-state index contributed by atoms with van der Waals surface area (Å²) in [6.07, 6.45) is 0. The van der Waals surface area contributed by atoms with Crippen LogP contribution in [0.3, 0.4) is 0 Å². The molecular formula is C2H3S2Y-. The van der Waals surface area contributed by atoms with Gasteiger partial charge >= 0.3 is 0 Å². The second-order valence-electron chi connectivity index (χ2n) is 0.492. The van der Waals surface area contributed by atoms with E-state index in [-0.39, 0.29) is 32.7 Å². The van der Waals surface area contributed by atoms with Crippen molar-refractivity contribution in [2.24, 2.45) is 0 Å². The average molecular weight is 180 g/mol. The monoisotopic (exact) mass is 180 g/mol. The smallest absolute Gasteiger partial charge is 0 e. The first-order valence-corrected chi connectivity index (χ1v) is 1.72. The Balaban J connectivity index is 0. The Morgan fingerprint density at radius 3 is 1.80 bits per heavy atom. The van der Waals surface area contributed by atoms with Gasteiger partial charge in [0.05, 0.1) is 0 Å². The molecule has 0 N–H and O–H groups in total. The van der Waals surface area contributed by atoms with E-state index in [0.717, 1.165) is 0 Å². The van der Waals surface area contributed by atoms with Crippen molar-refractivity contribution in [1.29, 1.82) is 0 Å². The molecule has 0 aliphatic carbocycles. The van der Waals surface area contributed by atoms with E-state index < -0.39 is 0 Å². The van der Waals surface area contributed by atoms with Crippen LogP contribution in [0.2, 0.25) is 0 Å². The van der Waals surface area contributed by atoms with Gasteiger partial charge < -0.3 is 24.8 Å². The second-order valence-corrected chi connectivity index (χ2v) is 1.97. The van der Waals surface area contributed by atoms with Crippen molar-refractivity contribution in [2.45, 2.75) is 6.92 Å². The van der Waals surface area contributed by atoms with Gasteiger partial charge in [0.1, 0.15) is 0 Å². The van der Waals surface area contributed by atoms with Crippen LogP contribution in [0.4, 0.5) is 0 Å². The summed E-state index contributed by atoms with van der Waals surface area (Å²) in [6, 6.07) is 0. The summed E-state index contributed by atoms with van der Waals surface area (Å²) in [5, 5.41) is 0. The van der Waals surface area contributed by atoms with Gasteiger partial charge in [0.15, 0.2) is 0 Å². The van der Waals surface area contributed by atoms with Crippen LogP contribution in [-0.4, -0.2) is 4.20 Å². The van der Waals surface area contributed by atoms with Gasteiger partial charge in [0, 0.05) is 32.7 Å². The van der Waals surface area contributed by atoms with Gasteiger partial charge in [-0.15, -0.1) is 0 Å². The molecule has 0 aromatic carbocycles. The molecule has 0 rings (SSSR count). The van der Waals surface area contributed by atoms with Gasteiger partial charge in [-0.2, -0.15) is 4.20 Å². The van der Waals surface area contributed by atoms with Crippen LogP contribution in [0.5, 0.6) is 0 Å². The van der Waals surface area contributed by atoms with E-state index in [2.05, 4.69) is 24.8 Å². The molecule has 5 heavy (non-hydrogen) atoms. The van der Waals surface area contributed by atoms with Gasteiger partial charge in [-0.3, -0.25) is 0 Å². The van der Waals surface area contributed by atoms with Gasteiger partial charge in [0.2, 0.25) is 0 Å². The van der Waals surface area contributed by atoms with E-state index in [1.807, 2.05) is 0 Å². The summed E-state index contributed by atoms with van der Waals surface area (Å²) in [6.45, 7) is 1.71. The van der Waals surface area contributed by atoms with Crippen molar-refractivity contribution in [2.75, 3.05) is 0 Å². The molecule has 0 aliphatic heterocycles. The molecule has 0 spiro atoms. The van der Waals surface area contributed by atoms with Crippen LogP contribution in [0.15, 0.2) is 0 Å². The van der Waals surface area contributed by atoms with E-state index in [1.54, 1.807) is 6.92 Å². The molecule has 0 aromatic heterocycles.